The van der Waals surface area contributed by atoms with E-state index in [4.69, 9.17) is 4.74 Å². The van der Waals surface area contributed by atoms with Crippen LogP contribution in [0.3, 0.4) is 0 Å². The predicted octanol–water partition coefficient (Wildman–Crippen LogP) is 1.63. The van der Waals surface area contributed by atoms with E-state index in [2.05, 4.69) is 16.0 Å². The first-order chi connectivity index (χ1) is 15.3. The number of nitrogens with zero attached hydrogens (tertiary/aromatic N) is 2. The summed E-state index contributed by atoms with van der Waals surface area (Å²) in [4.78, 5) is 52.2. The third kappa shape index (κ3) is 3.82. The fraction of sp³-hybridized carbons (Fsp3) is 0.273. The van der Waals surface area contributed by atoms with Crippen LogP contribution in [0, 0.1) is 0 Å². The van der Waals surface area contributed by atoms with Gasteiger partial charge < -0.3 is 20.7 Å². The first-order valence-electron chi connectivity index (χ1n) is 10.1. The lowest BCUT2D eigenvalue weighted by molar-refractivity contribution is -0.133. The van der Waals surface area contributed by atoms with Gasteiger partial charge in [-0.1, -0.05) is 12.1 Å². The summed E-state index contributed by atoms with van der Waals surface area (Å²) in [6.45, 7) is 2.33. The predicted molar refractivity (Wildman–Crippen MR) is 116 cm³/mol. The number of rotatable bonds is 6. The van der Waals surface area contributed by atoms with Crippen LogP contribution in [0.25, 0.3) is 0 Å². The molecule has 10 heteroatoms. The quantitative estimate of drug-likeness (QED) is 0.594. The number of carbonyl (C=O) groups is 4. The van der Waals surface area contributed by atoms with Crippen LogP contribution in [0.5, 0.6) is 5.75 Å². The molecule has 0 radical (unpaired) electrons. The molecule has 0 aromatic heterocycles. The molecule has 166 valence electrons. The van der Waals surface area contributed by atoms with Crippen LogP contribution in [-0.4, -0.2) is 55.5 Å². The maximum atomic E-state index is 13.0. The van der Waals surface area contributed by atoms with Gasteiger partial charge >= 0.3 is 12.1 Å². The highest BCUT2D eigenvalue weighted by Gasteiger charge is 2.49. The largest absolute Gasteiger partial charge is 0.497 e. The van der Waals surface area contributed by atoms with Crippen molar-refractivity contribution in [2.24, 2.45) is 0 Å². The van der Waals surface area contributed by atoms with E-state index in [-0.39, 0.29) is 6.03 Å². The van der Waals surface area contributed by atoms with Crippen LogP contribution < -0.4 is 25.6 Å². The van der Waals surface area contributed by atoms with Gasteiger partial charge in [0.05, 0.1) is 7.11 Å². The lowest BCUT2D eigenvalue weighted by atomic mass is 9.92. The van der Waals surface area contributed by atoms with E-state index in [9.17, 15) is 19.2 Å². The average molecular weight is 437 g/mol. The van der Waals surface area contributed by atoms with E-state index in [1.807, 2.05) is 0 Å². The summed E-state index contributed by atoms with van der Waals surface area (Å²) in [5.74, 6) is -0.404. The molecule has 0 spiro atoms. The van der Waals surface area contributed by atoms with Gasteiger partial charge in [-0.2, -0.15) is 0 Å². The normalized spacial score (nSPS) is 20.2. The van der Waals surface area contributed by atoms with E-state index in [0.717, 1.165) is 4.90 Å². The molecule has 2 heterocycles. The smallest absolute Gasteiger partial charge is 0.325 e. The molecule has 10 nitrogen and oxygen atoms in total. The first kappa shape index (κ1) is 21.2. The Balaban J connectivity index is 1.41. The molecular weight excluding hydrogens is 414 g/mol. The fourth-order valence-electron chi connectivity index (χ4n) is 3.75. The van der Waals surface area contributed by atoms with Gasteiger partial charge in [-0.25, -0.2) is 9.59 Å². The number of benzene rings is 2. The number of hydrogen-bond donors (Lipinski definition) is 3. The zero-order valence-electron chi connectivity index (χ0n) is 17.7. The molecule has 0 saturated carbocycles. The van der Waals surface area contributed by atoms with E-state index in [1.54, 1.807) is 60.4 Å². The molecule has 4 rings (SSSR count). The Hall–Kier alpha value is -4.08. The van der Waals surface area contributed by atoms with Crippen LogP contribution in [0.4, 0.5) is 21.0 Å². The van der Waals surface area contributed by atoms with Crippen molar-refractivity contribution in [3.8, 4) is 5.75 Å². The number of hydrogen-bond acceptors (Lipinski definition) is 5. The summed E-state index contributed by atoms with van der Waals surface area (Å²) >= 11 is 0. The van der Waals surface area contributed by atoms with Gasteiger partial charge in [0.2, 0.25) is 5.91 Å². The number of nitrogens with one attached hydrogen (secondary N) is 3. The topological polar surface area (TPSA) is 120 Å². The molecule has 2 aromatic rings. The maximum Gasteiger partial charge on any atom is 0.325 e. The number of methoxy groups -OCH3 is 1. The van der Waals surface area contributed by atoms with Crippen molar-refractivity contribution in [1.29, 1.82) is 0 Å². The summed E-state index contributed by atoms with van der Waals surface area (Å²) < 4.78 is 5.13. The van der Waals surface area contributed by atoms with Crippen molar-refractivity contribution in [2.45, 2.75) is 12.5 Å². The summed E-state index contributed by atoms with van der Waals surface area (Å²) in [5, 5.41) is 8.07. The second-order valence-electron chi connectivity index (χ2n) is 7.65. The highest BCUT2D eigenvalue weighted by molar-refractivity contribution is 6.10. The van der Waals surface area contributed by atoms with Crippen molar-refractivity contribution >= 4 is 35.3 Å². The van der Waals surface area contributed by atoms with Gasteiger partial charge in [-0.15, -0.1) is 0 Å². The summed E-state index contributed by atoms with van der Waals surface area (Å²) in [6, 6.07) is 12.7. The standard InChI is InChI=1S/C22H23N5O5/c1-22(14-3-9-17(32-2)10-4-14)19(29)27(21(31)25-22)13-18(28)24-15-5-7-16(8-6-15)26-12-11-23-20(26)30/h3-10H,11-13H2,1-2H3,(H,23,30)(H,24,28)(H,25,31). The number of ether oxygens (including phenoxy) is 1. The van der Waals surface area contributed by atoms with Crippen molar-refractivity contribution in [3.63, 3.8) is 0 Å². The third-order valence-electron chi connectivity index (χ3n) is 5.56. The first-order valence-corrected chi connectivity index (χ1v) is 10.1. The molecule has 2 aliphatic heterocycles. The average Bonchev–Trinajstić information content (AvgIpc) is 3.31. The van der Waals surface area contributed by atoms with Gasteiger partial charge in [0, 0.05) is 24.5 Å². The molecule has 1 atom stereocenters. The zero-order valence-corrected chi connectivity index (χ0v) is 17.7. The third-order valence-corrected chi connectivity index (χ3v) is 5.56. The van der Waals surface area contributed by atoms with Gasteiger partial charge in [-0.05, 0) is 48.9 Å². The van der Waals surface area contributed by atoms with Crippen molar-refractivity contribution in [3.05, 3.63) is 54.1 Å². The second-order valence-corrected chi connectivity index (χ2v) is 7.65. The van der Waals surface area contributed by atoms with Gasteiger partial charge in [0.15, 0.2) is 0 Å². The molecule has 2 fully saturated rings. The molecule has 2 saturated heterocycles. The minimum absolute atomic E-state index is 0.166. The van der Waals surface area contributed by atoms with Crippen molar-refractivity contribution in [1.82, 2.24) is 15.5 Å². The minimum atomic E-state index is -1.28. The van der Waals surface area contributed by atoms with E-state index >= 15 is 0 Å². The Morgan fingerprint density at radius 2 is 1.75 bits per heavy atom. The van der Waals surface area contributed by atoms with Gasteiger partial charge in [0.1, 0.15) is 17.8 Å². The van der Waals surface area contributed by atoms with Gasteiger partial charge in [-0.3, -0.25) is 19.4 Å². The van der Waals surface area contributed by atoms with E-state index in [1.165, 1.54) is 7.11 Å². The van der Waals surface area contributed by atoms with Crippen LogP contribution in [0.15, 0.2) is 48.5 Å². The number of carbonyl (C=O) groups excluding carboxylic acids is 4. The fourth-order valence-corrected chi connectivity index (χ4v) is 3.75. The molecule has 6 amide bonds. The summed E-state index contributed by atoms with van der Waals surface area (Å²) in [6.07, 6.45) is 0. The Morgan fingerprint density at radius 1 is 1.06 bits per heavy atom. The SMILES string of the molecule is COc1ccc(C2(C)NC(=O)N(CC(=O)Nc3ccc(N4CCNC4=O)cc3)C2=O)cc1. The van der Waals surface area contributed by atoms with Gasteiger partial charge in [0.25, 0.3) is 5.91 Å². The number of urea groups is 2. The van der Waals surface area contributed by atoms with Crippen molar-refractivity contribution < 1.29 is 23.9 Å². The summed E-state index contributed by atoms with van der Waals surface area (Å²) in [5.41, 5.74) is 0.508. The van der Waals surface area contributed by atoms with Crippen LogP contribution in [0.2, 0.25) is 0 Å². The van der Waals surface area contributed by atoms with Crippen LogP contribution in [-0.2, 0) is 15.1 Å². The molecule has 0 aliphatic carbocycles. The molecule has 2 aliphatic rings. The van der Waals surface area contributed by atoms with Crippen LogP contribution in [0.1, 0.15) is 12.5 Å². The second kappa shape index (κ2) is 8.22. The molecule has 32 heavy (non-hydrogen) atoms. The lowest BCUT2D eigenvalue weighted by Crippen LogP contribution is -2.42. The Kier molecular flexibility index (Phi) is 5.43. The Morgan fingerprint density at radius 3 is 2.34 bits per heavy atom. The number of imide groups is 1. The minimum Gasteiger partial charge on any atom is -0.497 e. The lowest BCUT2D eigenvalue weighted by Gasteiger charge is -2.22. The highest BCUT2D eigenvalue weighted by atomic mass is 16.5. The Bertz CT molecular complexity index is 1070. The number of anilines is 2. The summed E-state index contributed by atoms with van der Waals surface area (Å²) in [7, 11) is 1.54. The molecule has 2 aromatic carbocycles. The van der Waals surface area contributed by atoms with Crippen molar-refractivity contribution in [2.75, 3.05) is 37.0 Å². The number of amides is 6. The highest BCUT2D eigenvalue weighted by Crippen LogP contribution is 2.30. The van der Waals surface area contributed by atoms with E-state index < -0.39 is 29.9 Å². The monoisotopic (exact) mass is 437 g/mol. The molecule has 1 unspecified atom stereocenters. The van der Waals surface area contributed by atoms with Crippen LogP contribution >= 0.6 is 0 Å². The molecule has 3 N–H and O–H groups in total. The zero-order chi connectivity index (χ0) is 22.9. The molecular formula is C22H23N5O5. The maximum absolute atomic E-state index is 13.0. The molecule has 0 bridgehead atoms. The van der Waals surface area contributed by atoms with E-state index in [0.29, 0.717) is 35.8 Å². The Labute approximate surface area is 184 Å².